The van der Waals surface area contributed by atoms with Crippen molar-refractivity contribution >= 4 is 17.5 Å². The van der Waals surface area contributed by atoms with Gasteiger partial charge in [0.15, 0.2) is 0 Å². The summed E-state index contributed by atoms with van der Waals surface area (Å²) < 4.78 is 0. The van der Waals surface area contributed by atoms with E-state index in [1.54, 1.807) is 17.3 Å². The van der Waals surface area contributed by atoms with Crippen molar-refractivity contribution in [2.45, 2.75) is 19.8 Å². The van der Waals surface area contributed by atoms with E-state index in [0.29, 0.717) is 31.6 Å². The molecule has 20 heavy (non-hydrogen) atoms. The molecule has 0 aromatic carbocycles. The highest BCUT2D eigenvalue weighted by molar-refractivity contribution is 5.99. The summed E-state index contributed by atoms with van der Waals surface area (Å²) in [4.78, 5) is 29.6. The molecule has 1 aromatic heterocycles. The van der Waals surface area contributed by atoms with Gasteiger partial charge in [0.25, 0.3) is 5.91 Å². The topological polar surface area (TPSA) is 74.3 Å². The molecular weight excluding hydrogens is 256 g/mol. The number of amides is 2. The van der Waals surface area contributed by atoms with E-state index in [-0.39, 0.29) is 11.8 Å². The summed E-state index contributed by atoms with van der Waals surface area (Å²) in [6.45, 7) is 4.37. The summed E-state index contributed by atoms with van der Waals surface area (Å²) in [5.74, 6) is -0.0796. The Bertz CT molecular complexity index is 490. The molecule has 1 aliphatic heterocycles. The summed E-state index contributed by atoms with van der Waals surface area (Å²) >= 11 is 0. The quantitative estimate of drug-likeness (QED) is 0.855. The summed E-state index contributed by atoms with van der Waals surface area (Å²) in [5.41, 5.74) is 1.37. The molecule has 0 aliphatic carbocycles. The van der Waals surface area contributed by atoms with Crippen LogP contribution in [0.3, 0.4) is 0 Å². The third kappa shape index (κ3) is 3.46. The van der Waals surface area contributed by atoms with E-state index in [9.17, 15) is 9.59 Å². The monoisotopic (exact) mass is 276 g/mol. The van der Waals surface area contributed by atoms with Gasteiger partial charge >= 0.3 is 0 Å². The highest BCUT2D eigenvalue weighted by Crippen LogP contribution is 2.16. The van der Waals surface area contributed by atoms with E-state index in [2.05, 4.69) is 22.5 Å². The molecule has 2 rings (SSSR count). The number of pyridine rings is 1. The summed E-state index contributed by atoms with van der Waals surface area (Å²) in [5, 5.41) is 6.00. The van der Waals surface area contributed by atoms with Crippen molar-refractivity contribution in [2.24, 2.45) is 0 Å². The fourth-order valence-corrected chi connectivity index (χ4v) is 2.12. The van der Waals surface area contributed by atoms with Crippen LogP contribution in [0.25, 0.3) is 0 Å². The van der Waals surface area contributed by atoms with Crippen molar-refractivity contribution in [1.29, 1.82) is 0 Å². The molecule has 1 saturated heterocycles. The molecular formula is C14H20N4O2. The Morgan fingerprint density at radius 3 is 3.15 bits per heavy atom. The lowest BCUT2D eigenvalue weighted by atomic mass is 10.2. The van der Waals surface area contributed by atoms with Gasteiger partial charge in [0.2, 0.25) is 5.91 Å². The van der Waals surface area contributed by atoms with Crippen LogP contribution in [0.1, 0.15) is 30.1 Å². The SMILES string of the molecule is CCCNc1ccncc1C(=O)N1CCNC(=O)CC1. The van der Waals surface area contributed by atoms with E-state index < -0.39 is 0 Å². The van der Waals surface area contributed by atoms with Gasteiger partial charge in [-0.15, -0.1) is 0 Å². The van der Waals surface area contributed by atoms with Crippen molar-refractivity contribution in [2.75, 3.05) is 31.5 Å². The second-order valence-corrected chi connectivity index (χ2v) is 4.74. The molecule has 2 heterocycles. The van der Waals surface area contributed by atoms with Crippen molar-refractivity contribution in [3.05, 3.63) is 24.0 Å². The van der Waals surface area contributed by atoms with E-state index >= 15 is 0 Å². The van der Waals surface area contributed by atoms with Gasteiger partial charge < -0.3 is 15.5 Å². The lowest BCUT2D eigenvalue weighted by molar-refractivity contribution is -0.120. The van der Waals surface area contributed by atoms with Crippen LogP contribution in [0.15, 0.2) is 18.5 Å². The minimum absolute atomic E-state index is 0.00387. The van der Waals surface area contributed by atoms with Crippen LogP contribution in [0, 0.1) is 0 Å². The predicted molar refractivity (Wildman–Crippen MR) is 76.5 cm³/mol. The predicted octanol–water partition coefficient (Wildman–Crippen LogP) is 0.866. The van der Waals surface area contributed by atoms with E-state index in [1.807, 2.05) is 6.07 Å². The highest BCUT2D eigenvalue weighted by Gasteiger charge is 2.21. The molecule has 2 N–H and O–H groups in total. The average Bonchev–Trinajstić information content (AvgIpc) is 2.69. The van der Waals surface area contributed by atoms with Crippen molar-refractivity contribution in [3.63, 3.8) is 0 Å². The van der Waals surface area contributed by atoms with E-state index in [4.69, 9.17) is 0 Å². The molecule has 0 spiro atoms. The van der Waals surface area contributed by atoms with Crippen LogP contribution in [-0.4, -0.2) is 47.9 Å². The zero-order chi connectivity index (χ0) is 14.4. The Labute approximate surface area is 118 Å². The van der Waals surface area contributed by atoms with Gasteiger partial charge in [-0.1, -0.05) is 6.92 Å². The van der Waals surface area contributed by atoms with Gasteiger partial charge in [0.05, 0.1) is 11.3 Å². The van der Waals surface area contributed by atoms with Crippen molar-refractivity contribution < 1.29 is 9.59 Å². The third-order valence-electron chi connectivity index (χ3n) is 3.22. The van der Waals surface area contributed by atoms with Crippen molar-refractivity contribution in [1.82, 2.24) is 15.2 Å². The first-order valence-corrected chi connectivity index (χ1v) is 6.96. The number of hydrogen-bond acceptors (Lipinski definition) is 4. The lowest BCUT2D eigenvalue weighted by Crippen LogP contribution is -2.34. The number of anilines is 1. The maximum atomic E-state index is 12.5. The third-order valence-corrected chi connectivity index (χ3v) is 3.22. The number of aromatic nitrogens is 1. The van der Waals surface area contributed by atoms with E-state index in [1.165, 1.54) is 0 Å². The molecule has 0 bridgehead atoms. The number of hydrogen-bond donors (Lipinski definition) is 2. The molecule has 1 fully saturated rings. The summed E-state index contributed by atoms with van der Waals surface area (Å²) in [6.07, 6.45) is 4.59. The summed E-state index contributed by atoms with van der Waals surface area (Å²) in [7, 11) is 0. The first-order valence-electron chi connectivity index (χ1n) is 6.96. The van der Waals surface area contributed by atoms with Crippen LogP contribution in [-0.2, 0) is 4.79 Å². The minimum atomic E-state index is -0.0757. The Morgan fingerprint density at radius 1 is 1.50 bits per heavy atom. The molecule has 0 saturated carbocycles. The van der Waals surface area contributed by atoms with Crippen LogP contribution in [0.2, 0.25) is 0 Å². The minimum Gasteiger partial charge on any atom is -0.384 e. The number of nitrogens with one attached hydrogen (secondary N) is 2. The molecule has 108 valence electrons. The molecule has 1 aliphatic rings. The number of rotatable bonds is 4. The van der Waals surface area contributed by atoms with Gasteiger partial charge in [-0.05, 0) is 12.5 Å². The normalized spacial score (nSPS) is 15.4. The van der Waals surface area contributed by atoms with Crippen LogP contribution < -0.4 is 10.6 Å². The first kappa shape index (κ1) is 14.3. The van der Waals surface area contributed by atoms with Gasteiger partial charge in [0.1, 0.15) is 0 Å². The second-order valence-electron chi connectivity index (χ2n) is 4.74. The molecule has 1 aromatic rings. The van der Waals surface area contributed by atoms with Crippen LogP contribution in [0.4, 0.5) is 5.69 Å². The standard InChI is InChI=1S/C14H20N4O2/c1-2-5-16-12-3-6-15-10-11(12)14(20)18-8-4-13(19)17-7-9-18/h3,6,10H,2,4-5,7-9H2,1H3,(H,15,16)(H,17,19). The zero-order valence-electron chi connectivity index (χ0n) is 11.7. The lowest BCUT2D eigenvalue weighted by Gasteiger charge is -2.21. The number of carbonyl (C=O) groups is 2. The Kier molecular flexibility index (Phi) is 4.92. The van der Waals surface area contributed by atoms with Gasteiger partial charge in [-0.3, -0.25) is 14.6 Å². The largest absolute Gasteiger partial charge is 0.384 e. The zero-order valence-corrected chi connectivity index (χ0v) is 11.7. The molecule has 0 atom stereocenters. The molecule has 0 radical (unpaired) electrons. The molecule has 6 nitrogen and oxygen atoms in total. The van der Waals surface area contributed by atoms with Crippen LogP contribution >= 0.6 is 0 Å². The Balaban J connectivity index is 2.13. The fourth-order valence-electron chi connectivity index (χ4n) is 2.12. The van der Waals surface area contributed by atoms with Gasteiger partial charge in [0, 0.05) is 45.0 Å². The smallest absolute Gasteiger partial charge is 0.257 e. The Morgan fingerprint density at radius 2 is 2.35 bits per heavy atom. The van der Waals surface area contributed by atoms with Gasteiger partial charge in [-0.25, -0.2) is 0 Å². The summed E-state index contributed by atoms with van der Waals surface area (Å²) in [6, 6.07) is 1.81. The van der Waals surface area contributed by atoms with E-state index in [0.717, 1.165) is 18.7 Å². The second kappa shape index (κ2) is 6.88. The van der Waals surface area contributed by atoms with Crippen LogP contribution in [0.5, 0.6) is 0 Å². The average molecular weight is 276 g/mol. The molecule has 2 amide bonds. The number of carbonyl (C=O) groups excluding carboxylic acids is 2. The maximum absolute atomic E-state index is 12.5. The maximum Gasteiger partial charge on any atom is 0.257 e. The molecule has 6 heteroatoms. The highest BCUT2D eigenvalue weighted by atomic mass is 16.2. The number of nitrogens with zero attached hydrogens (tertiary/aromatic N) is 2. The fraction of sp³-hybridized carbons (Fsp3) is 0.500. The Hall–Kier alpha value is -2.11. The molecule has 0 unspecified atom stereocenters. The van der Waals surface area contributed by atoms with Gasteiger partial charge in [-0.2, -0.15) is 0 Å². The van der Waals surface area contributed by atoms with Crippen molar-refractivity contribution in [3.8, 4) is 0 Å². The first-order chi connectivity index (χ1) is 9.72.